The smallest absolute Gasteiger partial charge is 0.0226 e. The molecule has 0 fully saturated rings. The molecule has 0 aromatic rings. The zero-order valence-corrected chi connectivity index (χ0v) is 7.95. The molecule has 1 unspecified atom stereocenters. The van der Waals surface area contributed by atoms with Crippen LogP contribution in [-0.2, 0) is 0 Å². The molecule has 0 rings (SSSR count). The molecule has 0 aliphatic carbocycles. The van der Waals surface area contributed by atoms with Gasteiger partial charge in [-0.25, -0.2) is 0 Å². The highest BCUT2D eigenvalue weighted by Gasteiger charge is 2.03. The summed E-state index contributed by atoms with van der Waals surface area (Å²) >= 11 is 5.65. The first-order valence-electron chi connectivity index (χ1n) is 4.41. The second-order valence-electron chi connectivity index (χ2n) is 2.89. The van der Waals surface area contributed by atoms with Gasteiger partial charge < -0.3 is 0 Å². The van der Waals surface area contributed by atoms with Gasteiger partial charge in [-0.3, -0.25) is 0 Å². The first-order valence-corrected chi connectivity index (χ1v) is 4.94. The second-order valence-corrected chi connectivity index (χ2v) is 3.27. The van der Waals surface area contributed by atoms with Crippen LogP contribution >= 0.6 is 11.6 Å². The molecule has 62 valence electrons. The second kappa shape index (κ2) is 7.40. The van der Waals surface area contributed by atoms with Crippen LogP contribution in [0.2, 0.25) is 0 Å². The Labute approximate surface area is 70.0 Å². The van der Waals surface area contributed by atoms with E-state index in [0.29, 0.717) is 0 Å². The minimum atomic E-state index is 0.836. The van der Waals surface area contributed by atoms with Crippen molar-refractivity contribution in [2.75, 3.05) is 5.88 Å². The highest BCUT2D eigenvalue weighted by atomic mass is 35.5. The Bertz CT molecular complexity index is 61.7. The summed E-state index contributed by atoms with van der Waals surface area (Å²) in [5.74, 6) is 1.72. The fourth-order valence-electron chi connectivity index (χ4n) is 1.20. The third kappa shape index (κ3) is 5.10. The Balaban J connectivity index is 3.21. The maximum absolute atomic E-state index is 5.65. The van der Waals surface area contributed by atoms with E-state index in [4.69, 9.17) is 11.6 Å². The van der Waals surface area contributed by atoms with Gasteiger partial charge in [0.1, 0.15) is 0 Å². The van der Waals surface area contributed by atoms with Crippen LogP contribution in [0.1, 0.15) is 46.0 Å². The first kappa shape index (κ1) is 10.3. The standard InChI is InChI=1S/C9H19Cl/c1-3-5-6-9(4-2)7-8-10/h9H,3-8H2,1-2H3. The van der Waals surface area contributed by atoms with Crippen molar-refractivity contribution in [1.82, 2.24) is 0 Å². The zero-order valence-electron chi connectivity index (χ0n) is 7.20. The Morgan fingerprint density at radius 2 is 1.90 bits per heavy atom. The van der Waals surface area contributed by atoms with Gasteiger partial charge in [0.2, 0.25) is 0 Å². The van der Waals surface area contributed by atoms with Crippen LogP contribution in [0.3, 0.4) is 0 Å². The van der Waals surface area contributed by atoms with Crippen LogP contribution in [0.5, 0.6) is 0 Å². The summed E-state index contributed by atoms with van der Waals surface area (Å²) in [4.78, 5) is 0. The summed E-state index contributed by atoms with van der Waals surface area (Å²) in [6.45, 7) is 4.50. The van der Waals surface area contributed by atoms with Crippen molar-refractivity contribution in [3.8, 4) is 0 Å². The summed E-state index contributed by atoms with van der Waals surface area (Å²) in [6.07, 6.45) is 6.57. The maximum Gasteiger partial charge on any atom is 0.0226 e. The molecule has 1 heteroatoms. The van der Waals surface area contributed by atoms with Gasteiger partial charge in [-0.2, -0.15) is 0 Å². The van der Waals surface area contributed by atoms with Crippen LogP contribution in [0, 0.1) is 5.92 Å². The van der Waals surface area contributed by atoms with Crippen LogP contribution in [0.4, 0.5) is 0 Å². The number of unbranched alkanes of at least 4 members (excludes halogenated alkanes) is 1. The molecule has 0 aliphatic heterocycles. The molecule has 0 saturated carbocycles. The Morgan fingerprint density at radius 1 is 1.20 bits per heavy atom. The van der Waals surface area contributed by atoms with E-state index in [1.165, 1.54) is 32.1 Å². The van der Waals surface area contributed by atoms with Crippen molar-refractivity contribution in [2.24, 2.45) is 5.92 Å². The van der Waals surface area contributed by atoms with Crippen LogP contribution in [0.25, 0.3) is 0 Å². The van der Waals surface area contributed by atoms with Crippen LogP contribution in [0.15, 0.2) is 0 Å². The summed E-state index contributed by atoms with van der Waals surface area (Å²) in [7, 11) is 0. The largest absolute Gasteiger partial charge is 0.127 e. The van der Waals surface area contributed by atoms with E-state index in [1.807, 2.05) is 0 Å². The molecular weight excluding hydrogens is 144 g/mol. The highest BCUT2D eigenvalue weighted by Crippen LogP contribution is 2.16. The van der Waals surface area contributed by atoms with Gasteiger partial charge in [-0.15, -0.1) is 11.6 Å². The summed E-state index contributed by atoms with van der Waals surface area (Å²) in [5.41, 5.74) is 0. The average molecular weight is 163 g/mol. The molecule has 0 nitrogen and oxygen atoms in total. The van der Waals surface area contributed by atoms with E-state index in [2.05, 4.69) is 13.8 Å². The Hall–Kier alpha value is 0.290. The quantitative estimate of drug-likeness (QED) is 0.521. The van der Waals surface area contributed by atoms with Crippen molar-refractivity contribution < 1.29 is 0 Å². The van der Waals surface area contributed by atoms with E-state index < -0.39 is 0 Å². The summed E-state index contributed by atoms with van der Waals surface area (Å²) < 4.78 is 0. The van der Waals surface area contributed by atoms with Gasteiger partial charge in [0.15, 0.2) is 0 Å². The van der Waals surface area contributed by atoms with Crippen molar-refractivity contribution in [2.45, 2.75) is 46.0 Å². The predicted octanol–water partition coefficient (Wildman–Crippen LogP) is 3.83. The molecule has 1 atom stereocenters. The predicted molar refractivity (Wildman–Crippen MR) is 48.6 cm³/mol. The van der Waals surface area contributed by atoms with E-state index in [1.54, 1.807) is 0 Å². The number of hydrogen-bond acceptors (Lipinski definition) is 0. The van der Waals surface area contributed by atoms with Gasteiger partial charge in [0.25, 0.3) is 0 Å². The molecule has 0 amide bonds. The van der Waals surface area contributed by atoms with Crippen LogP contribution in [-0.4, -0.2) is 5.88 Å². The van der Waals surface area contributed by atoms with Crippen molar-refractivity contribution >= 4 is 11.6 Å². The van der Waals surface area contributed by atoms with Gasteiger partial charge in [0.05, 0.1) is 0 Å². The lowest BCUT2D eigenvalue weighted by Crippen LogP contribution is -1.98. The molecule has 0 saturated heterocycles. The maximum atomic E-state index is 5.65. The lowest BCUT2D eigenvalue weighted by Gasteiger charge is -2.11. The molecule has 0 N–H and O–H groups in total. The van der Waals surface area contributed by atoms with Crippen molar-refractivity contribution in [1.29, 1.82) is 0 Å². The van der Waals surface area contributed by atoms with E-state index in [0.717, 1.165) is 11.8 Å². The number of halogens is 1. The summed E-state index contributed by atoms with van der Waals surface area (Å²) in [6, 6.07) is 0. The minimum absolute atomic E-state index is 0.836. The lowest BCUT2D eigenvalue weighted by molar-refractivity contribution is 0.440. The molecule has 0 aromatic carbocycles. The minimum Gasteiger partial charge on any atom is -0.127 e. The van der Waals surface area contributed by atoms with E-state index in [-0.39, 0.29) is 0 Å². The summed E-state index contributed by atoms with van der Waals surface area (Å²) in [5, 5.41) is 0. The number of rotatable bonds is 6. The Morgan fingerprint density at radius 3 is 2.30 bits per heavy atom. The molecule has 0 heterocycles. The van der Waals surface area contributed by atoms with Crippen LogP contribution < -0.4 is 0 Å². The fourth-order valence-corrected chi connectivity index (χ4v) is 1.51. The third-order valence-corrected chi connectivity index (χ3v) is 2.28. The number of hydrogen-bond donors (Lipinski definition) is 0. The van der Waals surface area contributed by atoms with E-state index in [9.17, 15) is 0 Å². The molecule has 0 aromatic heterocycles. The normalized spacial score (nSPS) is 13.5. The van der Waals surface area contributed by atoms with Gasteiger partial charge in [-0.1, -0.05) is 39.5 Å². The average Bonchev–Trinajstić information content (AvgIpc) is 1.98. The van der Waals surface area contributed by atoms with Gasteiger partial charge in [0, 0.05) is 5.88 Å². The van der Waals surface area contributed by atoms with Gasteiger partial charge in [-0.05, 0) is 12.3 Å². The molecular formula is C9H19Cl. The Kier molecular flexibility index (Phi) is 7.61. The monoisotopic (exact) mass is 162 g/mol. The fraction of sp³-hybridized carbons (Fsp3) is 1.00. The molecule has 0 bridgehead atoms. The zero-order chi connectivity index (χ0) is 7.82. The topological polar surface area (TPSA) is 0 Å². The molecule has 0 radical (unpaired) electrons. The van der Waals surface area contributed by atoms with Gasteiger partial charge >= 0.3 is 0 Å². The molecule has 0 spiro atoms. The van der Waals surface area contributed by atoms with Crippen molar-refractivity contribution in [3.05, 3.63) is 0 Å². The molecule has 0 aliphatic rings. The highest BCUT2D eigenvalue weighted by molar-refractivity contribution is 6.17. The molecule has 10 heavy (non-hydrogen) atoms. The third-order valence-electron chi connectivity index (χ3n) is 2.06. The van der Waals surface area contributed by atoms with E-state index >= 15 is 0 Å². The lowest BCUT2D eigenvalue weighted by atomic mass is 9.97. The van der Waals surface area contributed by atoms with Crippen molar-refractivity contribution in [3.63, 3.8) is 0 Å². The number of alkyl halides is 1. The SMILES string of the molecule is CCCCC(CC)CCCl. The first-order chi connectivity index (χ1) is 4.85.